The number of nitrogens with one attached hydrogen (secondary N) is 1. The van der Waals surface area contributed by atoms with E-state index in [1.807, 2.05) is 4.90 Å². The number of urea groups is 1. The average molecular weight is 419 g/mol. The molecule has 11 heteroatoms. The third kappa shape index (κ3) is 3.87. The lowest BCUT2D eigenvalue weighted by Gasteiger charge is -2.37. The van der Waals surface area contributed by atoms with Crippen molar-refractivity contribution >= 4 is 24.0 Å². The van der Waals surface area contributed by atoms with Crippen molar-refractivity contribution in [2.24, 2.45) is 5.10 Å². The van der Waals surface area contributed by atoms with E-state index in [2.05, 4.69) is 20.4 Å². The second kappa shape index (κ2) is 8.17. The molecule has 3 heterocycles. The van der Waals surface area contributed by atoms with Gasteiger partial charge in [-0.3, -0.25) is 0 Å². The molecule has 1 atom stereocenters. The van der Waals surface area contributed by atoms with Gasteiger partial charge in [0, 0.05) is 51.9 Å². The van der Waals surface area contributed by atoms with Gasteiger partial charge in [0.2, 0.25) is 5.95 Å². The number of carbonyl (C=O) groups is 1. The summed E-state index contributed by atoms with van der Waals surface area (Å²) in [5.74, 6) is -1.45. The quantitative estimate of drug-likeness (QED) is 0.828. The van der Waals surface area contributed by atoms with Gasteiger partial charge in [-0.05, 0) is 17.7 Å². The van der Waals surface area contributed by atoms with Crippen LogP contribution in [0.1, 0.15) is 18.0 Å². The van der Waals surface area contributed by atoms with Crippen molar-refractivity contribution in [3.63, 3.8) is 0 Å². The summed E-state index contributed by atoms with van der Waals surface area (Å²) in [6.07, 6.45) is 3.05. The molecule has 1 aromatic carbocycles. The van der Waals surface area contributed by atoms with Crippen LogP contribution in [-0.2, 0) is 0 Å². The van der Waals surface area contributed by atoms with Crippen LogP contribution in [0.5, 0.6) is 0 Å². The molecule has 8 nitrogen and oxygen atoms in total. The van der Waals surface area contributed by atoms with Crippen molar-refractivity contribution in [3.8, 4) is 0 Å². The number of amides is 2. The second-order valence-corrected chi connectivity index (χ2v) is 6.97. The van der Waals surface area contributed by atoms with E-state index < -0.39 is 23.5 Å². The second-order valence-electron chi connectivity index (χ2n) is 6.97. The van der Waals surface area contributed by atoms with Gasteiger partial charge in [0.25, 0.3) is 0 Å². The number of nitrogens with zero attached hydrogens (tertiary/aromatic N) is 6. The number of halogens is 3. The number of anilines is 2. The molecule has 1 N–H and O–H groups in total. The lowest BCUT2D eigenvalue weighted by Crippen LogP contribution is -2.52. The standard InChI is InChI=1S/C19H20F3N7O/c1-23-17-15(22)11-24-18(26-17)27-4-6-28(7-5-27)19(30)29-16(2-3-25-29)12-8-13(20)10-14(21)9-12/h3,8-11,16H,2,4-7H2,1H3,(H,23,24,26). The van der Waals surface area contributed by atoms with Crippen molar-refractivity contribution in [2.45, 2.75) is 12.5 Å². The van der Waals surface area contributed by atoms with E-state index in [-0.39, 0.29) is 11.8 Å². The van der Waals surface area contributed by atoms with Crippen LogP contribution in [0.2, 0.25) is 0 Å². The van der Waals surface area contributed by atoms with Gasteiger partial charge in [0.1, 0.15) is 11.6 Å². The maximum absolute atomic E-state index is 13.6. The van der Waals surface area contributed by atoms with Gasteiger partial charge < -0.3 is 15.1 Å². The van der Waals surface area contributed by atoms with E-state index in [1.165, 1.54) is 17.1 Å². The smallest absolute Gasteiger partial charge is 0.341 e. The highest BCUT2D eigenvalue weighted by atomic mass is 19.1. The molecule has 0 bridgehead atoms. The Morgan fingerprint density at radius 2 is 1.80 bits per heavy atom. The highest BCUT2D eigenvalue weighted by Gasteiger charge is 2.33. The maximum Gasteiger partial charge on any atom is 0.341 e. The predicted octanol–water partition coefficient (Wildman–Crippen LogP) is 2.61. The van der Waals surface area contributed by atoms with Gasteiger partial charge in [-0.15, -0.1) is 0 Å². The molecule has 1 aromatic heterocycles. The van der Waals surface area contributed by atoms with Gasteiger partial charge in [-0.2, -0.15) is 10.1 Å². The number of carbonyl (C=O) groups excluding carboxylic acids is 1. The lowest BCUT2D eigenvalue weighted by molar-refractivity contribution is 0.139. The molecule has 2 aliphatic rings. The Balaban J connectivity index is 1.43. The van der Waals surface area contributed by atoms with Crippen LogP contribution in [0.3, 0.4) is 0 Å². The summed E-state index contributed by atoms with van der Waals surface area (Å²) >= 11 is 0. The average Bonchev–Trinajstić information content (AvgIpc) is 3.23. The van der Waals surface area contributed by atoms with Crippen LogP contribution < -0.4 is 10.2 Å². The van der Waals surface area contributed by atoms with Gasteiger partial charge in [0.15, 0.2) is 11.6 Å². The molecule has 2 aromatic rings. The molecule has 2 amide bonds. The minimum Gasteiger partial charge on any atom is -0.371 e. The highest BCUT2D eigenvalue weighted by Crippen LogP contribution is 2.30. The number of benzene rings is 1. The van der Waals surface area contributed by atoms with Gasteiger partial charge >= 0.3 is 6.03 Å². The Morgan fingerprint density at radius 3 is 2.47 bits per heavy atom. The molecule has 0 aliphatic carbocycles. The zero-order valence-electron chi connectivity index (χ0n) is 16.2. The normalized spacial score (nSPS) is 18.8. The van der Waals surface area contributed by atoms with Crippen molar-refractivity contribution in [3.05, 3.63) is 47.4 Å². The predicted molar refractivity (Wildman–Crippen MR) is 105 cm³/mol. The number of aromatic nitrogens is 2. The number of piperazine rings is 1. The van der Waals surface area contributed by atoms with E-state index in [9.17, 15) is 18.0 Å². The molecule has 2 aliphatic heterocycles. The van der Waals surface area contributed by atoms with Crippen molar-refractivity contribution in [1.29, 1.82) is 0 Å². The third-order valence-electron chi connectivity index (χ3n) is 5.10. The fourth-order valence-electron chi connectivity index (χ4n) is 3.57. The van der Waals surface area contributed by atoms with E-state index in [1.54, 1.807) is 18.2 Å². The Bertz CT molecular complexity index is 958. The molecule has 1 fully saturated rings. The van der Waals surface area contributed by atoms with Crippen LogP contribution in [0, 0.1) is 17.5 Å². The Morgan fingerprint density at radius 1 is 1.10 bits per heavy atom. The summed E-state index contributed by atoms with van der Waals surface area (Å²) in [5.41, 5.74) is 0.358. The first-order valence-corrected chi connectivity index (χ1v) is 9.48. The van der Waals surface area contributed by atoms with Crippen LogP contribution in [0.25, 0.3) is 0 Å². The van der Waals surface area contributed by atoms with E-state index in [0.717, 1.165) is 12.3 Å². The zero-order chi connectivity index (χ0) is 21.3. The molecule has 0 saturated carbocycles. The van der Waals surface area contributed by atoms with E-state index in [0.29, 0.717) is 44.1 Å². The van der Waals surface area contributed by atoms with Gasteiger partial charge in [-0.1, -0.05) is 0 Å². The number of hydrogen-bond donors (Lipinski definition) is 1. The molecule has 1 unspecified atom stereocenters. The van der Waals surface area contributed by atoms with E-state index in [4.69, 9.17) is 0 Å². The summed E-state index contributed by atoms with van der Waals surface area (Å²) < 4.78 is 40.8. The van der Waals surface area contributed by atoms with Gasteiger partial charge in [-0.25, -0.2) is 28.0 Å². The molecule has 0 radical (unpaired) electrons. The molecule has 158 valence electrons. The number of hydrazone groups is 1. The summed E-state index contributed by atoms with van der Waals surface area (Å²) in [4.78, 5) is 24.6. The maximum atomic E-state index is 13.6. The first-order valence-electron chi connectivity index (χ1n) is 9.48. The topological polar surface area (TPSA) is 77.0 Å². The van der Waals surface area contributed by atoms with Crippen LogP contribution >= 0.6 is 0 Å². The Kier molecular flexibility index (Phi) is 5.42. The van der Waals surface area contributed by atoms with Crippen molar-refractivity contribution in [2.75, 3.05) is 43.4 Å². The zero-order valence-corrected chi connectivity index (χ0v) is 16.2. The molecule has 0 spiro atoms. The lowest BCUT2D eigenvalue weighted by atomic mass is 10.0. The number of hydrogen-bond acceptors (Lipinski definition) is 6. The fourth-order valence-corrected chi connectivity index (χ4v) is 3.57. The van der Waals surface area contributed by atoms with E-state index >= 15 is 0 Å². The minimum absolute atomic E-state index is 0.107. The van der Waals surface area contributed by atoms with Crippen LogP contribution in [0.4, 0.5) is 29.7 Å². The molecule has 1 saturated heterocycles. The molecule has 4 rings (SSSR count). The van der Waals surface area contributed by atoms with Crippen LogP contribution in [0.15, 0.2) is 29.5 Å². The van der Waals surface area contributed by atoms with Crippen molar-refractivity contribution in [1.82, 2.24) is 19.9 Å². The number of rotatable bonds is 3. The first kappa shape index (κ1) is 19.9. The SMILES string of the molecule is CNc1nc(N2CCN(C(=O)N3N=CCC3c3cc(F)cc(F)c3)CC2)ncc1F. The monoisotopic (exact) mass is 419 g/mol. The largest absolute Gasteiger partial charge is 0.371 e. The summed E-state index contributed by atoms with van der Waals surface area (Å²) in [7, 11) is 1.57. The molecular formula is C19H20F3N7O. The van der Waals surface area contributed by atoms with Crippen LogP contribution in [-0.4, -0.2) is 65.3 Å². The van der Waals surface area contributed by atoms with Gasteiger partial charge in [0.05, 0.1) is 12.2 Å². The highest BCUT2D eigenvalue weighted by molar-refractivity contribution is 5.78. The summed E-state index contributed by atoms with van der Waals surface area (Å²) in [5, 5.41) is 8.06. The molecule has 30 heavy (non-hydrogen) atoms. The summed E-state index contributed by atoms with van der Waals surface area (Å²) in [6.45, 7) is 1.67. The first-order chi connectivity index (χ1) is 14.5. The minimum atomic E-state index is -0.696. The molecular weight excluding hydrogens is 399 g/mol. The Hall–Kier alpha value is -3.37. The third-order valence-corrected chi connectivity index (χ3v) is 5.10. The summed E-state index contributed by atoms with van der Waals surface area (Å²) in [6, 6.07) is 2.33. The fraction of sp³-hybridized carbons (Fsp3) is 0.368. The Labute approximate surface area is 171 Å². The van der Waals surface area contributed by atoms with Crippen molar-refractivity contribution < 1.29 is 18.0 Å².